The molecule has 1 aromatic carbocycles. The molecule has 1 aliphatic rings. The molecule has 2 aromatic heterocycles. The van der Waals surface area contributed by atoms with Gasteiger partial charge < -0.3 is 15.1 Å². The Morgan fingerprint density at radius 2 is 1.74 bits per heavy atom. The van der Waals surface area contributed by atoms with Gasteiger partial charge in [-0.05, 0) is 56.2 Å². The Bertz CT molecular complexity index is 1110. The standard InChI is InChI=1S/C23H25FN6O/c1-15-6-7-25-20(12-15)28-21-14-22(27-17(3)26-21)29-8-10-30(11-9-29)23(31)18-5-4-16(2)19(24)13-18/h4-7,12-14H,8-11H2,1-3H3,(H,25,26,27,28). The van der Waals surface area contributed by atoms with E-state index in [1.54, 1.807) is 30.2 Å². The molecule has 3 heterocycles. The van der Waals surface area contributed by atoms with Crippen LogP contribution in [-0.4, -0.2) is 51.9 Å². The van der Waals surface area contributed by atoms with Crippen LogP contribution in [0, 0.1) is 26.6 Å². The molecule has 0 spiro atoms. The fourth-order valence-corrected chi connectivity index (χ4v) is 3.56. The number of piperazine rings is 1. The minimum absolute atomic E-state index is 0.148. The monoisotopic (exact) mass is 420 g/mol. The molecule has 0 aliphatic carbocycles. The van der Waals surface area contributed by atoms with Gasteiger partial charge in [0.25, 0.3) is 5.91 Å². The summed E-state index contributed by atoms with van der Waals surface area (Å²) in [6.07, 6.45) is 1.75. The van der Waals surface area contributed by atoms with E-state index in [1.165, 1.54) is 6.07 Å². The maximum absolute atomic E-state index is 13.8. The van der Waals surface area contributed by atoms with Crippen LogP contribution >= 0.6 is 0 Å². The number of pyridine rings is 1. The third-order valence-corrected chi connectivity index (χ3v) is 5.31. The van der Waals surface area contributed by atoms with Crippen molar-refractivity contribution in [2.75, 3.05) is 36.4 Å². The van der Waals surface area contributed by atoms with Crippen molar-refractivity contribution in [3.05, 3.63) is 70.9 Å². The summed E-state index contributed by atoms with van der Waals surface area (Å²) in [5.41, 5.74) is 2.02. The third kappa shape index (κ3) is 4.79. The summed E-state index contributed by atoms with van der Waals surface area (Å²) in [5, 5.41) is 3.23. The van der Waals surface area contributed by atoms with Crippen LogP contribution in [0.4, 0.5) is 21.8 Å². The summed E-state index contributed by atoms with van der Waals surface area (Å²) in [5.74, 6) is 2.35. The highest BCUT2D eigenvalue weighted by Gasteiger charge is 2.24. The SMILES string of the molecule is Cc1ccnc(Nc2cc(N3CCN(C(=O)c4ccc(C)c(F)c4)CC3)nc(C)n2)c1. The minimum atomic E-state index is -0.357. The smallest absolute Gasteiger partial charge is 0.254 e. The summed E-state index contributed by atoms with van der Waals surface area (Å²) in [6, 6.07) is 10.4. The van der Waals surface area contributed by atoms with Gasteiger partial charge in [-0.15, -0.1) is 0 Å². The average molecular weight is 420 g/mol. The maximum Gasteiger partial charge on any atom is 0.254 e. The van der Waals surface area contributed by atoms with Crippen LogP contribution < -0.4 is 10.2 Å². The normalized spacial score (nSPS) is 13.9. The van der Waals surface area contributed by atoms with Gasteiger partial charge >= 0.3 is 0 Å². The zero-order valence-electron chi connectivity index (χ0n) is 17.9. The van der Waals surface area contributed by atoms with Crippen molar-refractivity contribution in [3.63, 3.8) is 0 Å². The number of anilines is 3. The van der Waals surface area contributed by atoms with Gasteiger partial charge in [0.1, 0.15) is 29.1 Å². The molecule has 1 amide bonds. The first-order valence-electron chi connectivity index (χ1n) is 10.2. The van der Waals surface area contributed by atoms with Gasteiger partial charge in [-0.2, -0.15) is 0 Å². The van der Waals surface area contributed by atoms with E-state index in [1.807, 2.05) is 32.0 Å². The second kappa shape index (κ2) is 8.67. The lowest BCUT2D eigenvalue weighted by atomic mass is 10.1. The van der Waals surface area contributed by atoms with Crippen LogP contribution in [-0.2, 0) is 0 Å². The molecule has 1 saturated heterocycles. The predicted molar refractivity (Wildman–Crippen MR) is 118 cm³/mol. The van der Waals surface area contributed by atoms with Gasteiger partial charge in [0.05, 0.1) is 0 Å². The van der Waals surface area contributed by atoms with E-state index < -0.39 is 0 Å². The van der Waals surface area contributed by atoms with Crippen molar-refractivity contribution in [3.8, 4) is 0 Å². The van der Waals surface area contributed by atoms with Crippen LogP contribution in [0.25, 0.3) is 0 Å². The van der Waals surface area contributed by atoms with Gasteiger partial charge in [-0.1, -0.05) is 6.07 Å². The number of hydrogen-bond donors (Lipinski definition) is 1. The van der Waals surface area contributed by atoms with Gasteiger partial charge in [0.2, 0.25) is 0 Å². The number of amides is 1. The molecule has 7 nitrogen and oxygen atoms in total. The molecule has 3 aromatic rings. The highest BCUT2D eigenvalue weighted by molar-refractivity contribution is 5.94. The van der Waals surface area contributed by atoms with Crippen LogP contribution in [0.2, 0.25) is 0 Å². The number of benzene rings is 1. The van der Waals surface area contributed by atoms with Crippen molar-refractivity contribution < 1.29 is 9.18 Å². The number of halogens is 1. The molecule has 0 saturated carbocycles. The van der Waals surface area contributed by atoms with Crippen molar-refractivity contribution in [2.24, 2.45) is 0 Å². The van der Waals surface area contributed by atoms with Crippen molar-refractivity contribution in [2.45, 2.75) is 20.8 Å². The largest absolute Gasteiger partial charge is 0.353 e. The third-order valence-electron chi connectivity index (χ3n) is 5.31. The molecule has 31 heavy (non-hydrogen) atoms. The molecular weight excluding hydrogens is 395 g/mol. The summed E-state index contributed by atoms with van der Waals surface area (Å²) in [7, 11) is 0. The van der Waals surface area contributed by atoms with E-state index in [0.29, 0.717) is 48.9 Å². The zero-order valence-corrected chi connectivity index (χ0v) is 17.9. The Hall–Kier alpha value is -3.55. The average Bonchev–Trinajstić information content (AvgIpc) is 2.75. The number of rotatable bonds is 4. The van der Waals surface area contributed by atoms with Crippen LogP contribution in [0.15, 0.2) is 42.6 Å². The summed E-state index contributed by atoms with van der Waals surface area (Å²) < 4.78 is 13.8. The van der Waals surface area contributed by atoms with Gasteiger partial charge in [-0.25, -0.2) is 19.3 Å². The lowest BCUT2D eigenvalue weighted by Crippen LogP contribution is -2.49. The van der Waals surface area contributed by atoms with E-state index in [4.69, 9.17) is 0 Å². The molecule has 0 unspecified atom stereocenters. The van der Waals surface area contributed by atoms with E-state index in [9.17, 15) is 9.18 Å². The number of aromatic nitrogens is 3. The first-order valence-corrected chi connectivity index (χ1v) is 10.2. The summed E-state index contributed by atoms with van der Waals surface area (Å²) in [6.45, 7) is 7.90. The molecular formula is C23H25FN6O. The fourth-order valence-electron chi connectivity index (χ4n) is 3.56. The van der Waals surface area contributed by atoms with E-state index in [2.05, 4.69) is 25.2 Å². The molecule has 8 heteroatoms. The number of aryl methyl sites for hydroxylation is 3. The first-order chi connectivity index (χ1) is 14.9. The Morgan fingerprint density at radius 3 is 2.45 bits per heavy atom. The van der Waals surface area contributed by atoms with Crippen molar-refractivity contribution in [1.29, 1.82) is 0 Å². The van der Waals surface area contributed by atoms with Gasteiger partial charge in [0, 0.05) is 44.0 Å². The summed E-state index contributed by atoms with van der Waals surface area (Å²) >= 11 is 0. The second-order valence-electron chi connectivity index (χ2n) is 7.75. The second-order valence-corrected chi connectivity index (χ2v) is 7.75. The molecule has 1 N–H and O–H groups in total. The lowest BCUT2D eigenvalue weighted by molar-refractivity contribution is 0.0746. The number of hydrogen-bond acceptors (Lipinski definition) is 6. The van der Waals surface area contributed by atoms with Gasteiger partial charge in [0.15, 0.2) is 0 Å². The van der Waals surface area contributed by atoms with Gasteiger partial charge in [-0.3, -0.25) is 4.79 Å². The van der Waals surface area contributed by atoms with E-state index >= 15 is 0 Å². The minimum Gasteiger partial charge on any atom is -0.353 e. The Balaban J connectivity index is 1.44. The first kappa shape index (κ1) is 20.7. The number of carbonyl (C=O) groups excluding carboxylic acids is 1. The highest BCUT2D eigenvalue weighted by Crippen LogP contribution is 2.21. The maximum atomic E-state index is 13.8. The molecule has 160 valence electrons. The fraction of sp³-hybridized carbons (Fsp3) is 0.304. The lowest BCUT2D eigenvalue weighted by Gasteiger charge is -2.35. The molecule has 0 atom stereocenters. The summed E-state index contributed by atoms with van der Waals surface area (Å²) in [4.78, 5) is 30.0. The molecule has 4 rings (SSSR count). The van der Waals surface area contributed by atoms with Crippen LogP contribution in [0.5, 0.6) is 0 Å². The Kier molecular flexibility index (Phi) is 5.79. The zero-order chi connectivity index (χ0) is 22.0. The van der Waals surface area contributed by atoms with E-state index in [-0.39, 0.29) is 11.7 Å². The number of nitrogens with zero attached hydrogens (tertiary/aromatic N) is 5. The highest BCUT2D eigenvalue weighted by atomic mass is 19.1. The quantitative estimate of drug-likeness (QED) is 0.695. The molecule has 1 fully saturated rings. The van der Waals surface area contributed by atoms with Crippen molar-refractivity contribution in [1.82, 2.24) is 19.9 Å². The number of carbonyl (C=O) groups is 1. The topological polar surface area (TPSA) is 74.2 Å². The number of nitrogens with one attached hydrogen (secondary N) is 1. The van der Waals surface area contributed by atoms with Crippen LogP contribution in [0.3, 0.4) is 0 Å². The van der Waals surface area contributed by atoms with Crippen LogP contribution in [0.1, 0.15) is 27.3 Å². The molecule has 0 radical (unpaired) electrons. The predicted octanol–water partition coefficient (Wildman–Crippen LogP) is 3.64. The van der Waals surface area contributed by atoms with Crippen molar-refractivity contribution >= 4 is 23.4 Å². The molecule has 1 aliphatic heterocycles. The Labute approximate surface area is 181 Å². The molecule has 0 bridgehead atoms. The Morgan fingerprint density at radius 1 is 0.968 bits per heavy atom. The van der Waals surface area contributed by atoms with E-state index in [0.717, 1.165) is 17.2 Å².